The first-order valence-corrected chi connectivity index (χ1v) is 7.34. The molecule has 2 bridgehead atoms. The van der Waals surface area contributed by atoms with E-state index in [4.69, 9.17) is 9.78 Å². The Morgan fingerprint density at radius 2 is 1.88 bits per heavy atom. The SMILES string of the molecule is CC1CCC2(C(C)C)OOC3(C)CCC1C2C3. The smallest absolute Gasteiger partial charge is 0.109 e. The van der Waals surface area contributed by atoms with Gasteiger partial charge in [-0.1, -0.05) is 20.8 Å². The molecule has 0 aromatic heterocycles. The standard InChI is InChI=1S/C15H26O2/c1-10(2)15-8-5-11(3)12-6-7-14(4,16-17-15)9-13(12)15/h10-13H,5-9H2,1-4H3. The molecule has 1 saturated heterocycles. The zero-order valence-electron chi connectivity index (χ0n) is 11.7. The number of rotatable bonds is 1. The lowest BCUT2D eigenvalue weighted by atomic mass is 9.54. The Labute approximate surface area is 105 Å². The van der Waals surface area contributed by atoms with Crippen LogP contribution in [0.3, 0.4) is 0 Å². The van der Waals surface area contributed by atoms with Crippen LogP contribution in [0.1, 0.15) is 59.8 Å². The highest BCUT2D eigenvalue weighted by molar-refractivity contribution is 5.06. The fraction of sp³-hybridized carbons (Fsp3) is 1.00. The zero-order chi connectivity index (χ0) is 12.3. The quantitative estimate of drug-likeness (QED) is 0.644. The summed E-state index contributed by atoms with van der Waals surface area (Å²) in [5, 5.41) is 0. The van der Waals surface area contributed by atoms with E-state index in [0.717, 1.165) is 17.8 Å². The van der Waals surface area contributed by atoms with Crippen molar-refractivity contribution < 1.29 is 9.78 Å². The van der Waals surface area contributed by atoms with Gasteiger partial charge < -0.3 is 0 Å². The summed E-state index contributed by atoms with van der Waals surface area (Å²) < 4.78 is 0. The number of hydrogen-bond acceptors (Lipinski definition) is 2. The Morgan fingerprint density at radius 3 is 2.59 bits per heavy atom. The van der Waals surface area contributed by atoms with Crippen molar-refractivity contribution in [2.24, 2.45) is 23.7 Å². The third-order valence-corrected chi connectivity index (χ3v) is 5.90. The van der Waals surface area contributed by atoms with E-state index < -0.39 is 0 Å². The second-order valence-electron chi connectivity index (χ2n) is 7.26. The van der Waals surface area contributed by atoms with E-state index in [1.54, 1.807) is 0 Å². The van der Waals surface area contributed by atoms with Crippen LogP contribution in [0, 0.1) is 23.7 Å². The summed E-state index contributed by atoms with van der Waals surface area (Å²) in [6.45, 7) is 9.26. The van der Waals surface area contributed by atoms with Gasteiger partial charge in [-0.25, -0.2) is 9.78 Å². The Kier molecular flexibility index (Phi) is 2.61. The fourth-order valence-corrected chi connectivity index (χ4v) is 4.63. The van der Waals surface area contributed by atoms with Gasteiger partial charge in [0.25, 0.3) is 0 Å². The maximum absolute atomic E-state index is 6.02. The highest BCUT2D eigenvalue weighted by Gasteiger charge is 2.59. The summed E-state index contributed by atoms with van der Waals surface area (Å²) in [7, 11) is 0. The average molecular weight is 238 g/mol. The van der Waals surface area contributed by atoms with Gasteiger partial charge in [0.15, 0.2) is 0 Å². The molecule has 0 N–H and O–H groups in total. The summed E-state index contributed by atoms with van der Waals surface area (Å²) in [4.78, 5) is 11.8. The van der Waals surface area contributed by atoms with Crippen molar-refractivity contribution in [1.29, 1.82) is 0 Å². The summed E-state index contributed by atoms with van der Waals surface area (Å²) in [6, 6.07) is 0. The molecule has 5 unspecified atom stereocenters. The topological polar surface area (TPSA) is 18.5 Å². The van der Waals surface area contributed by atoms with Crippen LogP contribution >= 0.6 is 0 Å². The average Bonchev–Trinajstić information content (AvgIpc) is 2.28. The van der Waals surface area contributed by atoms with Crippen molar-refractivity contribution in [3.05, 3.63) is 0 Å². The third-order valence-electron chi connectivity index (χ3n) is 5.90. The number of fused-ring (bicyclic) bond motifs is 1. The molecule has 0 aromatic carbocycles. The molecule has 2 heteroatoms. The van der Waals surface area contributed by atoms with Crippen LogP contribution in [0.2, 0.25) is 0 Å². The Hall–Kier alpha value is -0.0800. The molecule has 0 amide bonds. The molecule has 1 aliphatic heterocycles. The van der Waals surface area contributed by atoms with E-state index in [9.17, 15) is 0 Å². The zero-order valence-corrected chi connectivity index (χ0v) is 11.7. The second kappa shape index (κ2) is 3.71. The van der Waals surface area contributed by atoms with E-state index in [1.165, 1.54) is 32.1 Å². The van der Waals surface area contributed by atoms with Crippen LogP contribution in [0.25, 0.3) is 0 Å². The van der Waals surface area contributed by atoms with Crippen molar-refractivity contribution in [2.75, 3.05) is 0 Å². The Bertz CT molecular complexity index is 314. The molecule has 17 heavy (non-hydrogen) atoms. The number of hydrogen-bond donors (Lipinski definition) is 0. The molecule has 3 aliphatic rings. The molecule has 0 spiro atoms. The van der Waals surface area contributed by atoms with Gasteiger partial charge in [0.1, 0.15) is 11.2 Å². The summed E-state index contributed by atoms with van der Waals surface area (Å²) in [6.07, 6.45) is 6.20. The lowest BCUT2D eigenvalue weighted by Gasteiger charge is -2.60. The van der Waals surface area contributed by atoms with Crippen molar-refractivity contribution in [2.45, 2.75) is 71.0 Å². The van der Waals surface area contributed by atoms with E-state index in [1.807, 2.05) is 0 Å². The van der Waals surface area contributed by atoms with Crippen LogP contribution in [0.4, 0.5) is 0 Å². The molecule has 3 fully saturated rings. The molecule has 3 rings (SSSR count). The van der Waals surface area contributed by atoms with Gasteiger partial charge in [-0.05, 0) is 62.7 Å². The monoisotopic (exact) mass is 238 g/mol. The largest absolute Gasteiger partial charge is 0.230 e. The van der Waals surface area contributed by atoms with E-state index in [-0.39, 0.29) is 11.2 Å². The van der Waals surface area contributed by atoms with Gasteiger partial charge in [0.2, 0.25) is 0 Å². The summed E-state index contributed by atoms with van der Waals surface area (Å²) >= 11 is 0. The highest BCUT2D eigenvalue weighted by atomic mass is 17.2. The van der Waals surface area contributed by atoms with E-state index in [0.29, 0.717) is 5.92 Å². The fourth-order valence-electron chi connectivity index (χ4n) is 4.63. The van der Waals surface area contributed by atoms with E-state index in [2.05, 4.69) is 27.7 Å². The Balaban J connectivity index is 1.96. The lowest BCUT2D eigenvalue weighted by Crippen LogP contribution is -2.62. The van der Waals surface area contributed by atoms with Crippen molar-refractivity contribution in [3.8, 4) is 0 Å². The first kappa shape index (κ1) is 12.0. The minimum absolute atomic E-state index is 0.00336. The van der Waals surface area contributed by atoms with E-state index >= 15 is 0 Å². The molecule has 2 saturated carbocycles. The minimum atomic E-state index is -0.00336. The minimum Gasteiger partial charge on any atom is -0.230 e. The highest BCUT2D eigenvalue weighted by Crippen LogP contribution is 2.58. The second-order valence-corrected chi connectivity index (χ2v) is 7.26. The van der Waals surface area contributed by atoms with Gasteiger partial charge >= 0.3 is 0 Å². The lowest BCUT2D eigenvalue weighted by molar-refractivity contribution is -0.478. The molecule has 98 valence electrons. The van der Waals surface area contributed by atoms with Gasteiger partial charge in [0.05, 0.1) is 0 Å². The normalized spacial score (nSPS) is 53.8. The van der Waals surface area contributed by atoms with Crippen LogP contribution in [-0.2, 0) is 9.78 Å². The van der Waals surface area contributed by atoms with Gasteiger partial charge in [-0.3, -0.25) is 0 Å². The van der Waals surface area contributed by atoms with Crippen molar-refractivity contribution in [3.63, 3.8) is 0 Å². The predicted molar refractivity (Wildman–Crippen MR) is 67.4 cm³/mol. The summed E-state index contributed by atoms with van der Waals surface area (Å²) in [5.74, 6) is 3.02. The Morgan fingerprint density at radius 1 is 1.12 bits per heavy atom. The maximum Gasteiger partial charge on any atom is 0.109 e. The van der Waals surface area contributed by atoms with Crippen LogP contribution < -0.4 is 0 Å². The third kappa shape index (κ3) is 1.60. The van der Waals surface area contributed by atoms with Crippen molar-refractivity contribution >= 4 is 0 Å². The molecule has 1 heterocycles. The van der Waals surface area contributed by atoms with Gasteiger partial charge in [-0.2, -0.15) is 0 Å². The summed E-state index contributed by atoms with van der Waals surface area (Å²) in [5.41, 5.74) is 0.00766. The van der Waals surface area contributed by atoms with Crippen LogP contribution in [0.5, 0.6) is 0 Å². The molecule has 2 aliphatic carbocycles. The molecular formula is C15H26O2. The first-order valence-electron chi connectivity index (χ1n) is 7.34. The molecule has 0 radical (unpaired) electrons. The maximum atomic E-state index is 6.02. The predicted octanol–water partition coefficient (Wildman–Crippen LogP) is 3.95. The first-order chi connectivity index (χ1) is 7.97. The molecule has 5 atom stereocenters. The van der Waals surface area contributed by atoms with Crippen LogP contribution in [-0.4, -0.2) is 11.2 Å². The van der Waals surface area contributed by atoms with Crippen LogP contribution in [0.15, 0.2) is 0 Å². The molecule has 0 aromatic rings. The molecule has 2 nitrogen and oxygen atoms in total. The van der Waals surface area contributed by atoms with Gasteiger partial charge in [-0.15, -0.1) is 0 Å². The van der Waals surface area contributed by atoms with Crippen molar-refractivity contribution in [1.82, 2.24) is 0 Å². The van der Waals surface area contributed by atoms with Gasteiger partial charge in [0, 0.05) is 0 Å². The molecular weight excluding hydrogens is 212 g/mol.